The summed E-state index contributed by atoms with van der Waals surface area (Å²) in [5, 5.41) is 17.5. The van der Waals surface area contributed by atoms with Crippen LogP contribution in [0.25, 0.3) is 0 Å². The number of non-ortho nitro benzene ring substituents is 1. The minimum Gasteiger partial charge on any atom is -0.322 e. The molecule has 150 valence electrons. The summed E-state index contributed by atoms with van der Waals surface area (Å²) in [6, 6.07) is 18.7. The lowest BCUT2D eigenvalue weighted by molar-refractivity contribution is -0.384. The summed E-state index contributed by atoms with van der Waals surface area (Å²) in [4.78, 5) is 34.8. The molecule has 0 saturated heterocycles. The number of nitrogens with one attached hydrogen (secondary N) is 2. The van der Waals surface area contributed by atoms with E-state index < -0.39 is 16.7 Å². The maximum Gasteiger partial charge on any atom is 0.271 e. The van der Waals surface area contributed by atoms with Crippen molar-refractivity contribution in [1.29, 1.82) is 0 Å². The van der Waals surface area contributed by atoms with Gasteiger partial charge in [-0.05, 0) is 48.0 Å². The molecule has 0 aromatic heterocycles. The van der Waals surface area contributed by atoms with Gasteiger partial charge in [-0.1, -0.05) is 29.8 Å². The van der Waals surface area contributed by atoms with Crippen LogP contribution in [-0.4, -0.2) is 23.0 Å². The quantitative estimate of drug-likeness (QED) is 0.351. The normalized spacial score (nSPS) is 10.6. The fraction of sp³-hybridized carbons (Fsp3) is 0. The van der Waals surface area contributed by atoms with E-state index in [0.717, 1.165) is 0 Å². The van der Waals surface area contributed by atoms with Crippen LogP contribution in [0.3, 0.4) is 0 Å². The number of carbonyl (C=O) groups is 2. The van der Waals surface area contributed by atoms with Crippen molar-refractivity contribution in [2.45, 2.75) is 0 Å². The SMILES string of the molecule is O=C(NN=Cc1ccc([N+](=O)[O-])cc1)c1cccc(NC(=O)c2ccccc2Cl)c1. The van der Waals surface area contributed by atoms with Gasteiger partial charge in [0, 0.05) is 23.4 Å². The van der Waals surface area contributed by atoms with Crippen LogP contribution < -0.4 is 10.7 Å². The van der Waals surface area contributed by atoms with Crippen molar-refractivity contribution in [1.82, 2.24) is 5.43 Å². The van der Waals surface area contributed by atoms with Crippen LogP contribution in [0.15, 0.2) is 77.9 Å². The predicted octanol–water partition coefficient (Wildman–Crippen LogP) is 4.26. The highest BCUT2D eigenvalue weighted by Crippen LogP contribution is 2.18. The molecule has 3 aromatic carbocycles. The minimum absolute atomic E-state index is 0.0353. The van der Waals surface area contributed by atoms with Gasteiger partial charge in [-0.3, -0.25) is 19.7 Å². The van der Waals surface area contributed by atoms with Gasteiger partial charge in [0.1, 0.15) is 0 Å². The number of hydrazone groups is 1. The van der Waals surface area contributed by atoms with Crippen molar-refractivity contribution in [3.63, 3.8) is 0 Å². The molecule has 0 aliphatic carbocycles. The van der Waals surface area contributed by atoms with Gasteiger partial charge in [-0.15, -0.1) is 0 Å². The van der Waals surface area contributed by atoms with E-state index in [-0.39, 0.29) is 11.3 Å². The number of hydrogen-bond donors (Lipinski definition) is 2. The van der Waals surface area contributed by atoms with Gasteiger partial charge in [0.2, 0.25) is 0 Å². The van der Waals surface area contributed by atoms with Crippen LogP contribution in [0.2, 0.25) is 5.02 Å². The van der Waals surface area contributed by atoms with Gasteiger partial charge in [-0.2, -0.15) is 5.10 Å². The number of rotatable bonds is 6. The second-order valence-electron chi connectivity index (χ2n) is 6.06. The average Bonchev–Trinajstić information content (AvgIpc) is 2.74. The Morgan fingerprint density at radius 1 is 0.967 bits per heavy atom. The molecule has 3 aromatic rings. The Morgan fingerprint density at radius 2 is 1.70 bits per heavy atom. The first-order chi connectivity index (χ1) is 14.4. The van der Waals surface area contributed by atoms with Crippen LogP contribution >= 0.6 is 11.6 Å². The summed E-state index contributed by atoms with van der Waals surface area (Å²) < 4.78 is 0. The highest BCUT2D eigenvalue weighted by molar-refractivity contribution is 6.34. The lowest BCUT2D eigenvalue weighted by Crippen LogP contribution is -2.18. The zero-order chi connectivity index (χ0) is 21.5. The van der Waals surface area contributed by atoms with Crippen molar-refractivity contribution in [2.24, 2.45) is 5.10 Å². The van der Waals surface area contributed by atoms with Crippen LogP contribution in [0.4, 0.5) is 11.4 Å². The molecule has 0 aliphatic rings. The van der Waals surface area contributed by atoms with E-state index in [9.17, 15) is 19.7 Å². The Morgan fingerprint density at radius 3 is 2.40 bits per heavy atom. The Kier molecular flexibility index (Phi) is 6.51. The number of carbonyl (C=O) groups excluding carboxylic acids is 2. The maximum atomic E-state index is 12.3. The number of amides is 2. The van der Waals surface area contributed by atoms with Crippen molar-refractivity contribution >= 4 is 41.0 Å². The van der Waals surface area contributed by atoms with E-state index in [0.29, 0.717) is 21.8 Å². The second-order valence-corrected chi connectivity index (χ2v) is 6.47. The molecule has 2 amide bonds. The standard InChI is InChI=1S/C21H15ClN4O4/c22-19-7-2-1-6-18(19)21(28)24-16-5-3-4-15(12-16)20(27)25-23-13-14-8-10-17(11-9-14)26(29)30/h1-13H,(H,24,28)(H,25,27). The molecule has 0 atom stereocenters. The third kappa shape index (κ3) is 5.27. The molecule has 30 heavy (non-hydrogen) atoms. The van der Waals surface area contributed by atoms with E-state index in [1.54, 1.807) is 42.5 Å². The summed E-state index contributed by atoms with van der Waals surface area (Å²) in [5.74, 6) is -0.878. The number of nitro benzene ring substituents is 1. The van der Waals surface area contributed by atoms with Crippen molar-refractivity contribution in [2.75, 3.05) is 5.32 Å². The molecule has 0 bridgehead atoms. The number of nitrogens with zero attached hydrogens (tertiary/aromatic N) is 2. The Labute approximate surface area is 176 Å². The van der Waals surface area contributed by atoms with Gasteiger partial charge >= 0.3 is 0 Å². The van der Waals surface area contributed by atoms with Crippen LogP contribution in [0.5, 0.6) is 0 Å². The highest BCUT2D eigenvalue weighted by Gasteiger charge is 2.11. The summed E-state index contributed by atoms with van der Waals surface area (Å²) >= 11 is 6.02. The molecule has 8 nitrogen and oxygen atoms in total. The summed E-state index contributed by atoms with van der Waals surface area (Å²) in [6.45, 7) is 0. The molecule has 0 saturated carbocycles. The maximum absolute atomic E-state index is 12.3. The lowest BCUT2D eigenvalue weighted by Gasteiger charge is -2.08. The Bertz CT molecular complexity index is 1130. The van der Waals surface area contributed by atoms with Crippen molar-refractivity contribution < 1.29 is 14.5 Å². The third-order valence-electron chi connectivity index (χ3n) is 3.98. The number of nitro groups is 1. The minimum atomic E-state index is -0.500. The van der Waals surface area contributed by atoms with E-state index in [1.165, 1.54) is 36.5 Å². The van der Waals surface area contributed by atoms with Crippen LogP contribution in [0, 0.1) is 10.1 Å². The van der Waals surface area contributed by atoms with Gasteiger partial charge in [0.15, 0.2) is 0 Å². The fourth-order valence-corrected chi connectivity index (χ4v) is 2.72. The van der Waals surface area contributed by atoms with Crippen molar-refractivity contribution in [3.05, 3.63) is 105 Å². The smallest absolute Gasteiger partial charge is 0.271 e. The molecular weight excluding hydrogens is 408 g/mol. The number of halogens is 1. The molecule has 0 fully saturated rings. The van der Waals surface area contributed by atoms with E-state index in [4.69, 9.17) is 11.6 Å². The molecule has 0 radical (unpaired) electrons. The molecule has 9 heteroatoms. The van der Waals surface area contributed by atoms with E-state index >= 15 is 0 Å². The lowest BCUT2D eigenvalue weighted by atomic mass is 10.1. The summed E-state index contributed by atoms with van der Waals surface area (Å²) in [7, 11) is 0. The van der Waals surface area contributed by atoms with Gasteiger partial charge in [0.25, 0.3) is 17.5 Å². The zero-order valence-electron chi connectivity index (χ0n) is 15.4. The van der Waals surface area contributed by atoms with Crippen molar-refractivity contribution in [3.8, 4) is 0 Å². The highest BCUT2D eigenvalue weighted by atomic mass is 35.5. The molecular formula is C21H15ClN4O4. The average molecular weight is 423 g/mol. The van der Waals surface area contributed by atoms with Crippen LogP contribution in [0.1, 0.15) is 26.3 Å². The van der Waals surface area contributed by atoms with Crippen LogP contribution in [-0.2, 0) is 0 Å². The van der Waals surface area contributed by atoms with Gasteiger partial charge in [-0.25, -0.2) is 5.43 Å². The van der Waals surface area contributed by atoms with Gasteiger partial charge < -0.3 is 5.32 Å². The summed E-state index contributed by atoms with van der Waals surface area (Å²) in [5.41, 5.74) is 3.95. The molecule has 0 heterocycles. The molecule has 0 aliphatic heterocycles. The van der Waals surface area contributed by atoms with Gasteiger partial charge in [0.05, 0.1) is 21.7 Å². The molecule has 0 spiro atoms. The number of hydrogen-bond acceptors (Lipinski definition) is 5. The third-order valence-corrected chi connectivity index (χ3v) is 4.31. The Hall–Kier alpha value is -4.04. The van der Waals surface area contributed by atoms with E-state index in [1.807, 2.05) is 0 Å². The first-order valence-electron chi connectivity index (χ1n) is 8.68. The molecule has 2 N–H and O–H groups in total. The van der Waals surface area contributed by atoms with E-state index in [2.05, 4.69) is 15.8 Å². The second kappa shape index (κ2) is 9.44. The number of benzene rings is 3. The monoisotopic (exact) mass is 422 g/mol. The fourth-order valence-electron chi connectivity index (χ4n) is 2.49. The molecule has 3 rings (SSSR count). The summed E-state index contributed by atoms with van der Waals surface area (Å²) in [6.07, 6.45) is 1.37. The first kappa shape index (κ1) is 20.7. The topological polar surface area (TPSA) is 114 Å². The number of anilines is 1. The zero-order valence-corrected chi connectivity index (χ0v) is 16.2. The predicted molar refractivity (Wildman–Crippen MR) is 114 cm³/mol. The largest absolute Gasteiger partial charge is 0.322 e. The first-order valence-corrected chi connectivity index (χ1v) is 9.05. The molecule has 0 unspecified atom stereocenters. The Balaban J connectivity index is 1.63.